The molecule has 0 aromatic heterocycles. The Morgan fingerprint density at radius 2 is 1.29 bits per heavy atom. The van der Waals surface area contributed by atoms with Gasteiger partial charge in [-0.1, -0.05) is 31.5 Å². The highest BCUT2D eigenvalue weighted by Crippen LogP contribution is 2.41. The molecule has 0 aliphatic heterocycles. The zero-order valence-corrected chi connectivity index (χ0v) is 20.8. The minimum absolute atomic E-state index is 0.426. The van der Waals surface area contributed by atoms with Crippen LogP contribution in [0.25, 0.3) is 0 Å². The van der Waals surface area contributed by atoms with Gasteiger partial charge < -0.3 is 18.9 Å². The zero-order chi connectivity index (χ0) is 23.2. The highest BCUT2D eigenvalue weighted by molar-refractivity contribution is 5.49. The monoisotopic (exact) mass is 428 g/mol. The van der Waals surface area contributed by atoms with Gasteiger partial charge in [-0.15, -0.1) is 0 Å². The van der Waals surface area contributed by atoms with E-state index in [2.05, 4.69) is 45.0 Å². The van der Waals surface area contributed by atoms with Crippen LogP contribution in [0.15, 0.2) is 36.4 Å². The van der Waals surface area contributed by atoms with E-state index >= 15 is 0 Å². The van der Waals surface area contributed by atoms with Crippen LogP contribution < -0.4 is 9.47 Å². The van der Waals surface area contributed by atoms with E-state index in [0.29, 0.717) is 19.1 Å². The number of aryl methyl sites for hydroxylation is 1. The third kappa shape index (κ3) is 6.24. The van der Waals surface area contributed by atoms with Gasteiger partial charge in [0.2, 0.25) is 0 Å². The molecule has 0 bridgehead atoms. The van der Waals surface area contributed by atoms with Crippen LogP contribution in [0, 0.1) is 6.92 Å². The van der Waals surface area contributed by atoms with E-state index in [1.807, 2.05) is 39.8 Å². The van der Waals surface area contributed by atoms with Crippen molar-refractivity contribution in [3.05, 3.63) is 58.7 Å². The predicted molar refractivity (Wildman–Crippen MR) is 127 cm³/mol. The van der Waals surface area contributed by atoms with Crippen LogP contribution >= 0.6 is 0 Å². The van der Waals surface area contributed by atoms with E-state index in [9.17, 15) is 0 Å². The van der Waals surface area contributed by atoms with Gasteiger partial charge in [0, 0.05) is 25.3 Å². The summed E-state index contributed by atoms with van der Waals surface area (Å²) in [6.45, 7) is 15.6. The molecule has 2 rings (SSSR count). The highest BCUT2D eigenvalue weighted by Gasteiger charge is 2.32. The van der Waals surface area contributed by atoms with Crippen molar-refractivity contribution < 1.29 is 18.9 Å². The Hall–Kier alpha value is -2.04. The van der Waals surface area contributed by atoms with Crippen molar-refractivity contribution in [1.82, 2.24) is 0 Å². The van der Waals surface area contributed by atoms with Gasteiger partial charge in [0.25, 0.3) is 0 Å². The van der Waals surface area contributed by atoms with Crippen LogP contribution in [0.1, 0.15) is 76.1 Å². The molecule has 0 fully saturated rings. The van der Waals surface area contributed by atoms with Crippen molar-refractivity contribution in [1.29, 1.82) is 0 Å². The molecular formula is C27H40O4. The van der Waals surface area contributed by atoms with Crippen LogP contribution in [-0.4, -0.2) is 27.4 Å². The molecule has 0 aliphatic carbocycles. The molecule has 2 aromatic carbocycles. The molecule has 0 radical (unpaired) electrons. The average molecular weight is 429 g/mol. The second-order valence-corrected chi connectivity index (χ2v) is 9.19. The number of hydrogen-bond donors (Lipinski definition) is 0. The quantitative estimate of drug-likeness (QED) is 0.372. The molecule has 172 valence electrons. The fraction of sp³-hybridized carbons (Fsp3) is 0.556. The fourth-order valence-electron chi connectivity index (χ4n) is 3.47. The van der Waals surface area contributed by atoms with Crippen molar-refractivity contribution in [3.8, 4) is 11.5 Å². The molecule has 0 N–H and O–H groups in total. The molecular weight excluding hydrogens is 388 g/mol. The van der Waals surface area contributed by atoms with Gasteiger partial charge in [0.1, 0.15) is 24.7 Å². The molecule has 4 nitrogen and oxygen atoms in total. The van der Waals surface area contributed by atoms with Gasteiger partial charge in [-0.05, 0) is 76.8 Å². The number of rotatable bonds is 11. The first-order valence-electron chi connectivity index (χ1n) is 11.2. The van der Waals surface area contributed by atoms with E-state index < -0.39 is 11.2 Å². The Balaban J connectivity index is 2.19. The Bertz CT molecular complexity index is 800. The largest absolute Gasteiger partial charge is 0.490 e. The van der Waals surface area contributed by atoms with E-state index in [1.165, 1.54) is 5.56 Å². The van der Waals surface area contributed by atoms with E-state index in [1.54, 1.807) is 14.2 Å². The second-order valence-electron chi connectivity index (χ2n) is 9.19. The van der Waals surface area contributed by atoms with Crippen molar-refractivity contribution in [3.63, 3.8) is 0 Å². The first-order chi connectivity index (χ1) is 14.6. The van der Waals surface area contributed by atoms with Crippen LogP contribution in [0.3, 0.4) is 0 Å². The minimum atomic E-state index is -0.493. The molecule has 0 saturated carbocycles. The van der Waals surface area contributed by atoms with Crippen molar-refractivity contribution >= 4 is 0 Å². The van der Waals surface area contributed by atoms with Gasteiger partial charge >= 0.3 is 0 Å². The number of benzene rings is 2. The summed E-state index contributed by atoms with van der Waals surface area (Å²) in [6.07, 6.45) is 1.13. The molecule has 1 atom stereocenters. The number of methoxy groups -OCH3 is 2. The van der Waals surface area contributed by atoms with Crippen LogP contribution in [0.5, 0.6) is 11.5 Å². The first kappa shape index (κ1) is 25.2. The zero-order valence-electron chi connectivity index (χ0n) is 20.8. The first-order valence-corrected chi connectivity index (χ1v) is 11.2. The molecule has 1 unspecified atom stereocenters. The Morgan fingerprint density at radius 3 is 1.74 bits per heavy atom. The summed E-state index contributed by atoms with van der Waals surface area (Å²) < 4.78 is 23.8. The SMILES string of the molecule is CCC(C)c1ccc(OCCOc2c(C(C)(C)OC)cc(C)cc2C(C)(C)OC)cc1. The topological polar surface area (TPSA) is 36.9 Å². The molecule has 0 amide bonds. The van der Waals surface area contributed by atoms with Crippen molar-refractivity contribution in [2.45, 2.75) is 72.0 Å². The lowest BCUT2D eigenvalue weighted by atomic mass is 9.87. The molecule has 4 heteroatoms. The number of ether oxygens (including phenoxy) is 4. The van der Waals surface area contributed by atoms with E-state index in [-0.39, 0.29) is 0 Å². The molecule has 0 heterocycles. The van der Waals surface area contributed by atoms with Gasteiger partial charge in [-0.25, -0.2) is 0 Å². The fourth-order valence-corrected chi connectivity index (χ4v) is 3.47. The Kier molecular flexibility index (Phi) is 8.56. The lowest BCUT2D eigenvalue weighted by Gasteiger charge is -2.32. The van der Waals surface area contributed by atoms with E-state index in [4.69, 9.17) is 18.9 Å². The molecule has 0 aliphatic rings. The third-order valence-electron chi connectivity index (χ3n) is 6.21. The Morgan fingerprint density at radius 1 is 0.806 bits per heavy atom. The van der Waals surface area contributed by atoms with Crippen LogP contribution in [-0.2, 0) is 20.7 Å². The summed E-state index contributed by atoms with van der Waals surface area (Å²) in [4.78, 5) is 0. The van der Waals surface area contributed by atoms with Crippen LogP contribution in [0.4, 0.5) is 0 Å². The van der Waals surface area contributed by atoms with Gasteiger partial charge in [0.05, 0.1) is 11.2 Å². The average Bonchev–Trinajstić information content (AvgIpc) is 2.76. The predicted octanol–water partition coefficient (Wildman–Crippen LogP) is 6.73. The highest BCUT2D eigenvalue weighted by atomic mass is 16.5. The lowest BCUT2D eigenvalue weighted by Crippen LogP contribution is -2.27. The molecule has 0 spiro atoms. The standard InChI is InChI=1S/C27H40O4/c1-10-20(3)21-11-13-22(14-12-21)30-15-16-31-25-23(26(4,5)28-8)17-19(2)18-24(25)27(6,7)29-9/h11-14,17-18,20H,10,15-16H2,1-9H3. The summed E-state index contributed by atoms with van der Waals surface area (Å²) in [5, 5.41) is 0. The maximum absolute atomic E-state index is 6.32. The Labute approximate surface area is 188 Å². The van der Waals surface area contributed by atoms with Gasteiger partial charge in [-0.3, -0.25) is 0 Å². The number of hydrogen-bond acceptors (Lipinski definition) is 4. The van der Waals surface area contributed by atoms with Crippen molar-refractivity contribution in [2.24, 2.45) is 0 Å². The summed E-state index contributed by atoms with van der Waals surface area (Å²) in [5.41, 5.74) is 3.51. The summed E-state index contributed by atoms with van der Waals surface area (Å²) >= 11 is 0. The van der Waals surface area contributed by atoms with Gasteiger partial charge in [0.15, 0.2) is 0 Å². The normalized spacial score (nSPS) is 13.2. The minimum Gasteiger partial charge on any atom is -0.490 e. The maximum atomic E-state index is 6.32. The maximum Gasteiger partial charge on any atom is 0.131 e. The van der Waals surface area contributed by atoms with Crippen molar-refractivity contribution in [2.75, 3.05) is 27.4 Å². The van der Waals surface area contributed by atoms with E-state index in [0.717, 1.165) is 34.6 Å². The van der Waals surface area contributed by atoms with Gasteiger partial charge in [-0.2, -0.15) is 0 Å². The molecule has 2 aromatic rings. The lowest BCUT2D eigenvalue weighted by molar-refractivity contribution is 0.00822. The van der Waals surface area contributed by atoms with Crippen LogP contribution in [0.2, 0.25) is 0 Å². The molecule has 31 heavy (non-hydrogen) atoms. The second kappa shape index (κ2) is 10.5. The smallest absolute Gasteiger partial charge is 0.131 e. The molecule has 0 saturated heterocycles. The summed E-state index contributed by atoms with van der Waals surface area (Å²) in [5.74, 6) is 2.22. The summed E-state index contributed by atoms with van der Waals surface area (Å²) in [6, 6.07) is 12.6. The summed E-state index contributed by atoms with van der Waals surface area (Å²) in [7, 11) is 3.44. The third-order valence-corrected chi connectivity index (χ3v) is 6.21.